The van der Waals surface area contributed by atoms with E-state index < -0.39 is 0 Å². The number of hydrogen-bond donors (Lipinski definition) is 1. The molecule has 0 bridgehead atoms. The lowest BCUT2D eigenvalue weighted by Gasteiger charge is -2.32. The molecule has 0 saturated carbocycles. The van der Waals surface area contributed by atoms with E-state index >= 15 is 0 Å². The molecule has 1 aliphatic heterocycles. The number of aliphatic hydroxyl groups is 1. The van der Waals surface area contributed by atoms with Gasteiger partial charge in [0.2, 0.25) is 0 Å². The van der Waals surface area contributed by atoms with E-state index in [-0.39, 0.29) is 6.10 Å². The minimum Gasteiger partial charge on any atom is -0.393 e. The van der Waals surface area contributed by atoms with Gasteiger partial charge < -0.3 is 9.67 Å². The summed E-state index contributed by atoms with van der Waals surface area (Å²) in [5.41, 5.74) is 0. The maximum Gasteiger partial charge on any atom is 0.146 e. The third-order valence-electron chi connectivity index (χ3n) is 4.19. The van der Waals surface area contributed by atoms with Gasteiger partial charge in [-0.2, -0.15) is 0 Å². The molecule has 5 heteroatoms. The molecule has 5 nitrogen and oxygen atoms in total. The summed E-state index contributed by atoms with van der Waals surface area (Å²) in [6.07, 6.45) is 1.98. The smallest absolute Gasteiger partial charge is 0.146 e. The van der Waals surface area contributed by atoms with Gasteiger partial charge in [-0.3, -0.25) is 4.90 Å². The van der Waals surface area contributed by atoms with Crippen molar-refractivity contribution in [2.75, 3.05) is 13.1 Å². The van der Waals surface area contributed by atoms with E-state index in [1.807, 2.05) is 14.0 Å². The maximum absolute atomic E-state index is 9.62. The van der Waals surface area contributed by atoms with Crippen molar-refractivity contribution in [2.45, 2.75) is 52.2 Å². The van der Waals surface area contributed by atoms with Crippen LogP contribution in [0, 0.1) is 5.92 Å². The molecule has 108 valence electrons. The second kappa shape index (κ2) is 6.01. The number of aliphatic hydroxyl groups excluding tert-OH is 1. The third-order valence-corrected chi connectivity index (χ3v) is 4.19. The van der Waals surface area contributed by atoms with Crippen LogP contribution in [-0.2, 0) is 13.6 Å². The van der Waals surface area contributed by atoms with Gasteiger partial charge in [0.15, 0.2) is 0 Å². The van der Waals surface area contributed by atoms with Gasteiger partial charge in [0.1, 0.15) is 11.6 Å². The zero-order chi connectivity index (χ0) is 14.0. The lowest BCUT2D eigenvalue weighted by molar-refractivity contribution is 0.0684. The molecule has 2 heterocycles. The van der Waals surface area contributed by atoms with E-state index in [4.69, 9.17) is 0 Å². The van der Waals surface area contributed by atoms with Gasteiger partial charge in [0.25, 0.3) is 0 Å². The molecule has 0 aromatic carbocycles. The van der Waals surface area contributed by atoms with Crippen molar-refractivity contribution in [3.63, 3.8) is 0 Å². The molecule has 1 unspecified atom stereocenters. The third kappa shape index (κ3) is 3.34. The van der Waals surface area contributed by atoms with E-state index in [0.29, 0.717) is 11.8 Å². The molecule has 0 amide bonds. The first-order valence-corrected chi connectivity index (χ1v) is 7.27. The van der Waals surface area contributed by atoms with Crippen LogP contribution in [0.4, 0.5) is 0 Å². The second-order valence-corrected chi connectivity index (χ2v) is 6.04. The number of hydrogen-bond acceptors (Lipinski definition) is 4. The van der Waals surface area contributed by atoms with Crippen LogP contribution in [0.2, 0.25) is 0 Å². The van der Waals surface area contributed by atoms with Crippen LogP contribution in [0.1, 0.15) is 51.2 Å². The molecule has 0 spiro atoms. The van der Waals surface area contributed by atoms with Crippen molar-refractivity contribution in [2.24, 2.45) is 13.0 Å². The Hall–Kier alpha value is -0.940. The van der Waals surface area contributed by atoms with Gasteiger partial charge >= 0.3 is 0 Å². The van der Waals surface area contributed by atoms with Crippen molar-refractivity contribution in [1.29, 1.82) is 0 Å². The zero-order valence-electron chi connectivity index (χ0n) is 12.5. The minimum atomic E-state index is -0.176. The van der Waals surface area contributed by atoms with Crippen LogP contribution in [0.15, 0.2) is 0 Å². The minimum absolute atomic E-state index is 0.176. The van der Waals surface area contributed by atoms with Gasteiger partial charge in [-0.1, -0.05) is 13.8 Å². The fourth-order valence-corrected chi connectivity index (χ4v) is 2.81. The fraction of sp³-hybridized carbons (Fsp3) is 0.857. The van der Waals surface area contributed by atoms with Crippen LogP contribution in [0.5, 0.6) is 0 Å². The van der Waals surface area contributed by atoms with Crippen LogP contribution < -0.4 is 0 Å². The summed E-state index contributed by atoms with van der Waals surface area (Å²) in [7, 11) is 2.05. The summed E-state index contributed by atoms with van der Waals surface area (Å²) >= 11 is 0. The summed E-state index contributed by atoms with van der Waals surface area (Å²) in [5.74, 6) is 2.96. The number of nitrogens with zero attached hydrogens (tertiary/aromatic N) is 4. The lowest BCUT2D eigenvalue weighted by atomic mass is 9.92. The van der Waals surface area contributed by atoms with E-state index in [1.165, 1.54) is 0 Å². The number of likely N-dealkylation sites (tertiary alicyclic amines) is 1. The maximum atomic E-state index is 9.62. The van der Waals surface area contributed by atoms with E-state index in [2.05, 4.69) is 33.5 Å². The van der Waals surface area contributed by atoms with Gasteiger partial charge in [0, 0.05) is 13.0 Å². The molecule has 1 fully saturated rings. The Kier molecular flexibility index (Phi) is 4.58. The van der Waals surface area contributed by atoms with Crippen LogP contribution >= 0.6 is 0 Å². The second-order valence-electron chi connectivity index (χ2n) is 6.04. The molecular formula is C14H26N4O. The van der Waals surface area contributed by atoms with Crippen molar-refractivity contribution in [3.8, 4) is 0 Å². The Morgan fingerprint density at radius 2 is 1.84 bits per heavy atom. The Morgan fingerprint density at radius 3 is 2.32 bits per heavy atom. The summed E-state index contributed by atoms with van der Waals surface area (Å²) in [6.45, 7) is 9.13. The molecule has 1 aromatic rings. The monoisotopic (exact) mass is 266 g/mol. The highest BCUT2D eigenvalue weighted by Gasteiger charge is 2.23. The normalized spacial score (nSPS) is 20.1. The van der Waals surface area contributed by atoms with E-state index in [0.717, 1.165) is 44.1 Å². The fourth-order valence-electron chi connectivity index (χ4n) is 2.81. The summed E-state index contributed by atoms with van der Waals surface area (Å²) in [5, 5.41) is 18.2. The van der Waals surface area contributed by atoms with Crippen molar-refractivity contribution >= 4 is 0 Å². The van der Waals surface area contributed by atoms with E-state index in [1.54, 1.807) is 0 Å². The first kappa shape index (κ1) is 14.5. The number of rotatable bonds is 4. The Balaban J connectivity index is 1.92. The van der Waals surface area contributed by atoms with Crippen LogP contribution in [0.3, 0.4) is 0 Å². The number of piperidine rings is 1. The molecule has 1 N–H and O–H groups in total. The molecule has 1 aliphatic rings. The molecule has 2 rings (SSSR count). The predicted octanol–water partition coefficient (Wildman–Crippen LogP) is 1.53. The molecular weight excluding hydrogens is 240 g/mol. The van der Waals surface area contributed by atoms with Gasteiger partial charge in [0.05, 0.1) is 12.6 Å². The zero-order valence-corrected chi connectivity index (χ0v) is 12.5. The highest BCUT2D eigenvalue weighted by molar-refractivity contribution is 4.99. The van der Waals surface area contributed by atoms with Crippen molar-refractivity contribution < 1.29 is 5.11 Å². The first-order chi connectivity index (χ1) is 8.99. The van der Waals surface area contributed by atoms with Crippen LogP contribution in [0.25, 0.3) is 0 Å². The average Bonchev–Trinajstić information content (AvgIpc) is 2.72. The van der Waals surface area contributed by atoms with Gasteiger partial charge in [-0.05, 0) is 38.8 Å². The Morgan fingerprint density at radius 1 is 1.21 bits per heavy atom. The largest absolute Gasteiger partial charge is 0.393 e. The quantitative estimate of drug-likeness (QED) is 0.898. The topological polar surface area (TPSA) is 54.2 Å². The molecule has 1 saturated heterocycles. The van der Waals surface area contributed by atoms with E-state index in [9.17, 15) is 5.11 Å². The van der Waals surface area contributed by atoms with Gasteiger partial charge in [-0.15, -0.1) is 10.2 Å². The first-order valence-electron chi connectivity index (χ1n) is 7.27. The summed E-state index contributed by atoms with van der Waals surface area (Å²) < 4.78 is 2.12. The highest BCUT2D eigenvalue weighted by Crippen LogP contribution is 2.22. The molecule has 0 aliphatic carbocycles. The Bertz CT molecular complexity index is 406. The summed E-state index contributed by atoms with van der Waals surface area (Å²) in [6, 6.07) is 0. The SMILES string of the molecule is CC(C)c1nnc(CN2CCC(C(C)O)CC2)n1C. The Labute approximate surface area is 115 Å². The number of aromatic nitrogens is 3. The van der Waals surface area contributed by atoms with Crippen molar-refractivity contribution in [3.05, 3.63) is 11.6 Å². The molecule has 0 radical (unpaired) electrons. The molecule has 1 aromatic heterocycles. The standard InChI is InChI=1S/C14H26N4O/c1-10(2)14-16-15-13(17(14)4)9-18-7-5-12(6-8-18)11(3)19/h10-12,19H,5-9H2,1-4H3. The highest BCUT2D eigenvalue weighted by atomic mass is 16.3. The summed E-state index contributed by atoms with van der Waals surface area (Å²) in [4.78, 5) is 2.41. The molecule has 1 atom stereocenters. The van der Waals surface area contributed by atoms with Crippen LogP contribution in [-0.4, -0.2) is 44.0 Å². The predicted molar refractivity (Wildman–Crippen MR) is 74.8 cm³/mol. The van der Waals surface area contributed by atoms with Gasteiger partial charge in [-0.25, -0.2) is 0 Å². The van der Waals surface area contributed by atoms with Crippen molar-refractivity contribution in [1.82, 2.24) is 19.7 Å². The molecule has 19 heavy (non-hydrogen) atoms. The lowest BCUT2D eigenvalue weighted by Crippen LogP contribution is -2.37. The average molecular weight is 266 g/mol.